The van der Waals surface area contributed by atoms with Crippen molar-refractivity contribution in [3.63, 3.8) is 0 Å². The summed E-state index contributed by atoms with van der Waals surface area (Å²) in [7, 11) is 0. The standard InChI is InChI=1S/C13H22N2O2/c1-2-7-15-8-6-14-12(15)11-13(16)4-3-9-17-10-5-13/h6,8,16H,2-5,7,9-11H2,1H3. The second-order valence-corrected chi connectivity index (χ2v) is 4.90. The van der Waals surface area contributed by atoms with Crippen LogP contribution in [0.25, 0.3) is 0 Å². The summed E-state index contributed by atoms with van der Waals surface area (Å²) in [6.07, 6.45) is 8.01. The molecule has 1 atom stereocenters. The normalized spacial score (nSPS) is 25.8. The maximum absolute atomic E-state index is 10.6. The molecule has 96 valence electrons. The second kappa shape index (κ2) is 5.65. The molecule has 1 aromatic rings. The Hall–Kier alpha value is -0.870. The van der Waals surface area contributed by atoms with E-state index in [-0.39, 0.29) is 0 Å². The van der Waals surface area contributed by atoms with Gasteiger partial charge in [-0.3, -0.25) is 0 Å². The lowest BCUT2D eigenvalue weighted by Crippen LogP contribution is -2.33. The largest absolute Gasteiger partial charge is 0.389 e. The lowest BCUT2D eigenvalue weighted by molar-refractivity contribution is 0.0164. The molecule has 0 aromatic carbocycles. The average molecular weight is 238 g/mol. The molecule has 0 aliphatic carbocycles. The highest BCUT2D eigenvalue weighted by Gasteiger charge is 2.30. The van der Waals surface area contributed by atoms with Gasteiger partial charge in [-0.05, 0) is 25.7 Å². The minimum absolute atomic E-state index is 0.632. The first-order valence-electron chi connectivity index (χ1n) is 6.54. The van der Waals surface area contributed by atoms with E-state index in [0.717, 1.165) is 38.2 Å². The molecular formula is C13H22N2O2. The molecule has 0 saturated carbocycles. The Balaban J connectivity index is 2.04. The van der Waals surface area contributed by atoms with Crippen LogP contribution in [0, 0.1) is 0 Å². The van der Waals surface area contributed by atoms with Crippen LogP contribution in [0.2, 0.25) is 0 Å². The Morgan fingerprint density at radius 1 is 1.47 bits per heavy atom. The zero-order valence-corrected chi connectivity index (χ0v) is 10.6. The van der Waals surface area contributed by atoms with Crippen molar-refractivity contribution in [2.24, 2.45) is 0 Å². The monoisotopic (exact) mass is 238 g/mol. The predicted octanol–water partition coefficient (Wildman–Crippen LogP) is 1.77. The van der Waals surface area contributed by atoms with E-state index < -0.39 is 5.60 Å². The zero-order chi connectivity index (χ0) is 12.1. The summed E-state index contributed by atoms with van der Waals surface area (Å²) >= 11 is 0. The summed E-state index contributed by atoms with van der Waals surface area (Å²) in [5.74, 6) is 0.997. The zero-order valence-electron chi connectivity index (χ0n) is 10.6. The fraction of sp³-hybridized carbons (Fsp3) is 0.769. The van der Waals surface area contributed by atoms with Crippen LogP contribution < -0.4 is 0 Å². The summed E-state index contributed by atoms with van der Waals surface area (Å²) in [5, 5.41) is 10.6. The van der Waals surface area contributed by atoms with Crippen LogP contribution >= 0.6 is 0 Å². The summed E-state index contributed by atoms with van der Waals surface area (Å²) < 4.78 is 7.54. The number of ether oxygens (including phenoxy) is 1. The number of hydrogen-bond donors (Lipinski definition) is 1. The molecule has 1 fully saturated rings. The van der Waals surface area contributed by atoms with Crippen LogP contribution in [0.3, 0.4) is 0 Å². The van der Waals surface area contributed by atoms with Crippen molar-refractivity contribution >= 4 is 0 Å². The van der Waals surface area contributed by atoms with Gasteiger partial charge in [0, 0.05) is 38.6 Å². The van der Waals surface area contributed by atoms with Crippen molar-refractivity contribution in [1.29, 1.82) is 0 Å². The van der Waals surface area contributed by atoms with E-state index in [4.69, 9.17) is 4.74 Å². The number of imidazole rings is 1. The molecule has 1 N–H and O–H groups in total. The van der Waals surface area contributed by atoms with E-state index >= 15 is 0 Å². The molecule has 1 saturated heterocycles. The quantitative estimate of drug-likeness (QED) is 0.869. The predicted molar refractivity (Wildman–Crippen MR) is 65.8 cm³/mol. The molecule has 4 heteroatoms. The van der Waals surface area contributed by atoms with Gasteiger partial charge >= 0.3 is 0 Å². The van der Waals surface area contributed by atoms with Gasteiger partial charge in [-0.25, -0.2) is 4.98 Å². The molecule has 1 aromatic heterocycles. The third-order valence-electron chi connectivity index (χ3n) is 3.40. The van der Waals surface area contributed by atoms with Crippen LogP contribution in [0.15, 0.2) is 12.4 Å². The van der Waals surface area contributed by atoms with Crippen LogP contribution in [-0.2, 0) is 17.7 Å². The topological polar surface area (TPSA) is 47.3 Å². The fourth-order valence-corrected chi connectivity index (χ4v) is 2.42. The Morgan fingerprint density at radius 2 is 2.35 bits per heavy atom. The van der Waals surface area contributed by atoms with E-state index in [0.29, 0.717) is 19.4 Å². The van der Waals surface area contributed by atoms with E-state index in [1.165, 1.54) is 0 Å². The molecule has 0 spiro atoms. The maximum Gasteiger partial charge on any atom is 0.111 e. The van der Waals surface area contributed by atoms with E-state index in [1.54, 1.807) is 0 Å². The molecule has 0 bridgehead atoms. The van der Waals surface area contributed by atoms with Gasteiger partial charge in [0.15, 0.2) is 0 Å². The van der Waals surface area contributed by atoms with Crippen LogP contribution in [0.1, 0.15) is 38.4 Å². The van der Waals surface area contributed by atoms with Gasteiger partial charge in [-0.15, -0.1) is 0 Å². The van der Waals surface area contributed by atoms with Crippen LogP contribution in [0.5, 0.6) is 0 Å². The van der Waals surface area contributed by atoms with Crippen molar-refractivity contribution < 1.29 is 9.84 Å². The summed E-state index contributed by atoms with van der Waals surface area (Å²) in [4.78, 5) is 4.37. The van der Waals surface area contributed by atoms with Crippen LogP contribution in [0.4, 0.5) is 0 Å². The smallest absolute Gasteiger partial charge is 0.111 e. The number of aliphatic hydroxyl groups is 1. The minimum atomic E-state index is -0.632. The molecule has 0 amide bonds. The highest BCUT2D eigenvalue weighted by atomic mass is 16.5. The average Bonchev–Trinajstić information content (AvgIpc) is 2.60. The SMILES string of the molecule is CCCn1ccnc1CC1(O)CCCOCC1. The van der Waals surface area contributed by atoms with Crippen LogP contribution in [-0.4, -0.2) is 33.5 Å². The Kier molecular flexibility index (Phi) is 4.18. The first kappa shape index (κ1) is 12.6. The van der Waals surface area contributed by atoms with Gasteiger partial charge < -0.3 is 14.4 Å². The second-order valence-electron chi connectivity index (χ2n) is 4.90. The number of nitrogens with zero attached hydrogens (tertiary/aromatic N) is 2. The van der Waals surface area contributed by atoms with Crippen molar-refractivity contribution in [3.05, 3.63) is 18.2 Å². The number of hydrogen-bond acceptors (Lipinski definition) is 3. The van der Waals surface area contributed by atoms with E-state index in [9.17, 15) is 5.11 Å². The maximum atomic E-state index is 10.6. The Bertz CT molecular complexity index is 341. The Morgan fingerprint density at radius 3 is 3.18 bits per heavy atom. The molecule has 1 unspecified atom stereocenters. The third-order valence-corrected chi connectivity index (χ3v) is 3.40. The van der Waals surface area contributed by atoms with E-state index in [2.05, 4.69) is 16.5 Å². The number of aromatic nitrogens is 2. The van der Waals surface area contributed by atoms with Gasteiger partial charge in [0.1, 0.15) is 5.82 Å². The van der Waals surface area contributed by atoms with Gasteiger partial charge in [-0.2, -0.15) is 0 Å². The fourth-order valence-electron chi connectivity index (χ4n) is 2.42. The third kappa shape index (κ3) is 3.30. The van der Waals surface area contributed by atoms with Gasteiger partial charge in [-0.1, -0.05) is 6.92 Å². The molecule has 0 radical (unpaired) electrons. The molecule has 4 nitrogen and oxygen atoms in total. The summed E-state index contributed by atoms with van der Waals surface area (Å²) in [5.41, 5.74) is -0.632. The molecule has 1 aliphatic rings. The molecule has 2 heterocycles. The first-order chi connectivity index (χ1) is 8.23. The lowest BCUT2D eigenvalue weighted by atomic mass is 9.91. The highest BCUT2D eigenvalue weighted by molar-refractivity contribution is 4.99. The molecular weight excluding hydrogens is 216 g/mol. The van der Waals surface area contributed by atoms with Crippen molar-refractivity contribution in [2.75, 3.05) is 13.2 Å². The van der Waals surface area contributed by atoms with Crippen molar-refractivity contribution in [2.45, 2.75) is 51.2 Å². The molecule has 17 heavy (non-hydrogen) atoms. The van der Waals surface area contributed by atoms with Gasteiger partial charge in [0.05, 0.1) is 5.60 Å². The minimum Gasteiger partial charge on any atom is -0.389 e. The lowest BCUT2D eigenvalue weighted by Gasteiger charge is -2.25. The molecule has 1 aliphatic heterocycles. The van der Waals surface area contributed by atoms with E-state index in [1.807, 2.05) is 12.4 Å². The number of rotatable bonds is 4. The Labute approximate surface area is 103 Å². The van der Waals surface area contributed by atoms with Gasteiger partial charge in [0.2, 0.25) is 0 Å². The number of aryl methyl sites for hydroxylation is 1. The summed E-state index contributed by atoms with van der Waals surface area (Å²) in [6, 6.07) is 0. The summed E-state index contributed by atoms with van der Waals surface area (Å²) in [6.45, 7) is 4.55. The van der Waals surface area contributed by atoms with Crippen molar-refractivity contribution in [1.82, 2.24) is 9.55 Å². The van der Waals surface area contributed by atoms with Crippen molar-refractivity contribution in [3.8, 4) is 0 Å². The first-order valence-corrected chi connectivity index (χ1v) is 6.54. The molecule has 2 rings (SSSR count). The highest BCUT2D eigenvalue weighted by Crippen LogP contribution is 2.25. The van der Waals surface area contributed by atoms with Gasteiger partial charge in [0.25, 0.3) is 0 Å².